The zero-order valence-corrected chi connectivity index (χ0v) is 9.71. The summed E-state index contributed by atoms with van der Waals surface area (Å²) in [5.74, 6) is 0.935. The van der Waals surface area contributed by atoms with E-state index in [9.17, 15) is 0 Å². The van der Waals surface area contributed by atoms with Crippen LogP contribution in [0.25, 0.3) is 0 Å². The molecular formula is C13H19NO. The quantitative estimate of drug-likeness (QED) is 0.805. The fourth-order valence-corrected chi connectivity index (χ4v) is 2.49. The summed E-state index contributed by atoms with van der Waals surface area (Å²) >= 11 is 0. The van der Waals surface area contributed by atoms with Crippen LogP contribution in [0.15, 0.2) is 18.2 Å². The predicted molar refractivity (Wildman–Crippen MR) is 62.2 cm³/mol. The van der Waals surface area contributed by atoms with Gasteiger partial charge >= 0.3 is 0 Å². The molecule has 0 saturated carbocycles. The van der Waals surface area contributed by atoms with Gasteiger partial charge in [-0.1, -0.05) is 19.9 Å². The van der Waals surface area contributed by atoms with Crippen LogP contribution in [0.2, 0.25) is 0 Å². The summed E-state index contributed by atoms with van der Waals surface area (Å²) in [6.45, 7) is 7.20. The zero-order chi connectivity index (χ0) is 11.1. The number of fused-ring (bicyclic) bond motifs is 1. The molecule has 0 fully saturated rings. The summed E-state index contributed by atoms with van der Waals surface area (Å²) in [7, 11) is 0. The van der Waals surface area contributed by atoms with E-state index < -0.39 is 0 Å². The van der Waals surface area contributed by atoms with Crippen LogP contribution in [0.5, 0.6) is 5.75 Å². The van der Waals surface area contributed by atoms with Gasteiger partial charge in [-0.15, -0.1) is 0 Å². The van der Waals surface area contributed by atoms with Crippen LogP contribution in [-0.4, -0.2) is 6.61 Å². The second-order valence-electron chi connectivity index (χ2n) is 4.88. The highest BCUT2D eigenvalue weighted by molar-refractivity contribution is 5.45. The highest BCUT2D eigenvalue weighted by Crippen LogP contribution is 2.44. The van der Waals surface area contributed by atoms with Gasteiger partial charge in [-0.05, 0) is 42.0 Å². The van der Waals surface area contributed by atoms with Gasteiger partial charge in [-0.25, -0.2) is 0 Å². The normalized spacial score (nSPS) is 22.5. The van der Waals surface area contributed by atoms with Crippen LogP contribution in [0.1, 0.15) is 44.4 Å². The van der Waals surface area contributed by atoms with Gasteiger partial charge in [-0.2, -0.15) is 0 Å². The molecule has 0 saturated heterocycles. The predicted octanol–water partition coefficient (Wildman–Crippen LogP) is 2.77. The average Bonchev–Trinajstić information content (AvgIpc) is 2.38. The lowest BCUT2D eigenvalue weighted by atomic mass is 9.86. The van der Waals surface area contributed by atoms with Crippen molar-refractivity contribution in [1.82, 2.24) is 0 Å². The monoisotopic (exact) mass is 205 g/mol. The Hall–Kier alpha value is -1.02. The summed E-state index contributed by atoms with van der Waals surface area (Å²) in [4.78, 5) is 0. The first-order valence-corrected chi connectivity index (χ1v) is 5.57. The Morgan fingerprint density at radius 1 is 1.47 bits per heavy atom. The minimum Gasteiger partial charge on any atom is -0.494 e. The van der Waals surface area contributed by atoms with E-state index in [-0.39, 0.29) is 11.5 Å². The Morgan fingerprint density at radius 2 is 2.20 bits per heavy atom. The van der Waals surface area contributed by atoms with Gasteiger partial charge in [0.05, 0.1) is 6.61 Å². The molecule has 82 valence electrons. The Balaban J connectivity index is 2.41. The number of nitrogens with two attached hydrogens (primary N) is 1. The summed E-state index contributed by atoms with van der Waals surface area (Å²) in [6.07, 6.45) is 1.03. The molecule has 2 rings (SSSR count). The molecule has 2 heteroatoms. The molecule has 1 aliphatic rings. The van der Waals surface area contributed by atoms with E-state index in [4.69, 9.17) is 10.5 Å². The van der Waals surface area contributed by atoms with E-state index in [0.717, 1.165) is 12.2 Å². The first-order chi connectivity index (χ1) is 7.04. The maximum absolute atomic E-state index is 6.13. The Kier molecular flexibility index (Phi) is 2.47. The van der Waals surface area contributed by atoms with E-state index >= 15 is 0 Å². The van der Waals surface area contributed by atoms with Crippen molar-refractivity contribution in [2.24, 2.45) is 5.73 Å². The SMILES string of the molecule is CCOc1ccc2c(c1)C(N)CC2(C)C. The van der Waals surface area contributed by atoms with Crippen LogP contribution in [-0.2, 0) is 5.41 Å². The summed E-state index contributed by atoms with van der Waals surface area (Å²) < 4.78 is 5.49. The molecule has 1 aromatic rings. The maximum atomic E-state index is 6.13. The van der Waals surface area contributed by atoms with Crippen LogP contribution in [0, 0.1) is 0 Å². The highest BCUT2D eigenvalue weighted by Gasteiger charge is 2.34. The average molecular weight is 205 g/mol. The fraction of sp³-hybridized carbons (Fsp3) is 0.538. The number of hydrogen-bond donors (Lipinski definition) is 1. The minimum atomic E-state index is 0.162. The molecule has 0 aliphatic heterocycles. The second kappa shape index (κ2) is 3.53. The van der Waals surface area contributed by atoms with Gasteiger partial charge in [0.2, 0.25) is 0 Å². The third-order valence-electron chi connectivity index (χ3n) is 3.19. The summed E-state index contributed by atoms with van der Waals surface area (Å²) in [5.41, 5.74) is 8.97. The second-order valence-corrected chi connectivity index (χ2v) is 4.88. The summed E-state index contributed by atoms with van der Waals surface area (Å²) in [6, 6.07) is 6.46. The van der Waals surface area contributed by atoms with E-state index in [1.807, 2.05) is 13.0 Å². The zero-order valence-electron chi connectivity index (χ0n) is 9.71. The lowest BCUT2D eigenvalue weighted by Gasteiger charge is -2.18. The van der Waals surface area contributed by atoms with Gasteiger partial charge < -0.3 is 10.5 Å². The molecule has 0 bridgehead atoms. The summed E-state index contributed by atoms with van der Waals surface area (Å²) in [5, 5.41) is 0. The molecule has 0 heterocycles. The molecule has 0 spiro atoms. The number of benzene rings is 1. The molecule has 1 atom stereocenters. The van der Waals surface area contributed by atoms with Crippen LogP contribution in [0.3, 0.4) is 0 Å². The minimum absolute atomic E-state index is 0.162. The van der Waals surface area contributed by atoms with Crippen molar-refractivity contribution in [3.05, 3.63) is 29.3 Å². The first-order valence-electron chi connectivity index (χ1n) is 5.57. The molecule has 2 N–H and O–H groups in total. The fourth-order valence-electron chi connectivity index (χ4n) is 2.49. The molecule has 1 aliphatic carbocycles. The maximum Gasteiger partial charge on any atom is 0.119 e. The smallest absolute Gasteiger partial charge is 0.119 e. The molecule has 2 nitrogen and oxygen atoms in total. The molecular weight excluding hydrogens is 186 g/mol. The molecule has 1 unspecified atom stereocenters. The van der Waals surface area contributed by atoms with Gasteiger partial charge in [-0.3, -0.25) is 0 Å². The van der Waals surface area contributed by atoms with Crippen molar-refractivity contribution in [1.29, 1.82) is 0 Å². The largest absolute Gasteiger partial charge is 0.494 e. The van der Waals surface area contributed by atoms with Gasteiger partial charge in [0, 0.05) is 6.04 Å². The molecule has 0 amide bonds. The van der Waals surface area contributed by atoms with Crippen molar-refractivity contribution in [3.63, 3.8) is 0 Å². The molecule has 0 aromatic heterocycles. The topological polar surface area (TPSA) is 35.2 Å². The van der Waals surface area contributed by atoms with Gasteiger partial charge in [0.15, 0.2) is 0 Å². The van der Waals surface area contributed by atoms with E-state index in [0.29, 0.717) is 6.61 Å². The lowest BCUT2D eigenvalue weighted by molar-refractivity contribution is 0.339. The third kappa shape index (κ3) is 1.74. The Bertz CT molecular complexity index is 371. The van der Waals surface area contributed by atoms with Crippen LogP contribution < -0.4 is 10.5 Å². The van der Waals surface area contributed by atoms with Crippen molar-refractivity contribution in [2.75, 3.05) is 6.61 Å². The van der Waals surface area contributed by atoms with Crippen molar-refractivity contribution in [3.8, 4) is 5.75 Å². The number of ether oxygens (including phenoxy) is 1. The lowest BCUT2D eigenvalue weighted by Crippen LogP contribution is -2.14. The molecule has 15 heavy (non-hydrogen) atoms. The van der Waals surface area contributed by atoms with E-state index in [1.54, 1.807) is 0 Å². The third-order valence-corrected chi connectivity index (χ3v) is 3.19. The first kappa shape index (κ1) is 10.5. The van der Waals surface area contributed by atoms with E-state index in [2.05, 4.69) is 26.0 Å². The van der Waals surface area contributed by atoms with Gasteiger partial charge in [0.25, 0.3) is 0 Å². The highest BCUT2D eigenvalue weighted by atomic mass is 16.5. The molecule has 1 aromatic carbocycles. The van der Waals surface area contributed by atoms with Crippen LogP contribution >= 0.6 is 0 Å². The standard InChI is InChI=1S/C13H19NO/c1-4-15-9-5-6-11-10(7-9)12(14)8-13(11,2)3/h5-7,12H,4,8,14H2,1-3H3. The van der Waals surface area contributed by atoms with Crippen molar-refractivity contribution in [2.45, 2.75) is 38.6 Å². The Morgan fingerprint density at radius 3 is 2.87 bits per heavy atom. The Labute approximate surface area is 91.4 Å². The van der Waals surface area contributed by atoms with E-state index in [1.165, 1.54) is 11.1 Å². The molecule has 0 radical (unpaired) electrons. The number of rotatable bonds is 2. The number of hydrogen-bond acceptors (Lipinski definition) is 2. The van der Waals surface area contributed by atoms with Crippen molar-refractivity contribution < 1.29 is 4.74 Å². The van der Waals surface area contributed by atoms with Gasteiger partial charge in [0.1, 0.15) is 5.75 Å². The van der Waals surface area contributed by atoms with Crippen LogP contribution in [0.4, 0.5) is 0 Å². The van der Waals surface area contributed by atoms with Crippen molar-refractivity contribution >= 4 is 0 Å².